The quantitative estimate of drug-likeness (QED) is 0.848. The topological polar surface area (TPSA) is 63.6 Å². The van der Waals surface area contributed by atoms with Crippen LogP contribution in [-0.4, -0.2) is 19.9 Å². The molecule has 0 unspecified atom stereocenters. The van der Waals surface area contributed by atoms with Gasteiger partial charge < -0.3 is 5.32 Å². The van der Waals surface area contributed by atoms with Gasteiger partial charge in [-0.15, -0.1) is 0 Å². The van der Waals surface area contributed by atoms with E-state index in [0.29, 0.717) is 12.4 Å². The normalized spacial score (nSPS) is 10.3. The lowest BCUT2D eigenvalue weighted by Crippen LogP contribution is -2.06. The van der Waals surface area contributed by atoms with Crippen molar-refractivity contribution in [3.05, 3.63) is 41.1 Å². The minimum Gasteiger partial charge on any atom is -0.362 e. The second kappa shape index (κ2) is 5.01. The van der Waals surface area contributed by atoms with Gasteiger partial charge in [0, 0.05) is 6.20 Å². The summed E-state index contributed by atoms with van der Waals surface area (Å²) >= 11 is 5.57. The van der Waals surface area contributed by atoms with Crippen LogP contribution in [0.2, 0.25) is 5.28 Å². The summed E-state index contributed by atoms with van der Waals surface area (Å²) in [5.41, 5.74) is 0.742. The molecule has 0 saturated heterocycles. The van der Waals surface area contributed by atoms with Gasteiger partial charge in [-0.3, -0.25) is 0 Å². The van der Waals surface area contributed by atoms with E-state index in [0.717, 1.165) is 11.9 Å². The number of anilines is 1. The first kappa shape index (κ1) is 11.7. The first-order valence-electron chi connectivity index (χ1n) is 4.85. The highest BCUT2D eigenvalue weighted by molar-refractivity contribution is 6.28. The molecule has 2 aromatic heterocycles. The molecule has 88 valence electrons. The Morgan fingerprint density at radius 1 is 1.35 bits per heavy atom. The number of hydrogen-bond donors (Lipinski definition) is 1. The van der Waals surface area contributed by atoms with Crippen molar-refractivity contribution in [2.24, 2.45) is 0 Å². The standard InChI is InChI=1S/C10H9ClFN5/c1-6-13-3-2-7(16-6)4-14-9-8(12)5-15-10(11)17-9/h2-3,5H,4H2,1H3,(H,14,15,17). The van der Waals surface area contributed by atoms with E-state index in [-0.39, 0.29) is 11.1 Å². The minimum absolute atomic E-state index is 0.00670. The lowest BCUT2D eigenvalue weighted by atomic mass is 10.4. The van der Waals surface area contributed by atoms with Crippen LogP contribution in [0, 0.1) is 12.7 Å². The molecule has 0 bridgehead atoms. The Labute approximate surface area is 102 Å². The molecule has 0 atom stereocenters. The Morgan fingerprint density at radius 3 is 2.94 bits per heavy atom. The molecule has 0 aliphatic carbocycles. The third-order valence-corrected chi connectivity index (χ3v) is 2.17. The summed E-state index contributed by atoms with van der Waals surface area (Å²) in [5, 5.41) is 2.79. The molecule has 5 nitrogen and oxygen atoms in total. The van der Waals surface area contributed by atoms with Gasteiger partial charge >= 0.3 is 0 Å². The molecule has 0 aromatic carbocycles. The first-order valence-corrected chi connectivity index (χ1v) is 5.23. The highest BCUT2D eigenvalue weighted by Gasteiger charge is 2.05. The van der Waals surface area contributed by atoms with Gasteiger partial charge in [0.2, 0.25) is 5.28 Å². The van der Waals surface area contributed by atoms with Crippen molar-refractivity contribution in [3.8, 4) is 0 Å². The van der Waals surface area contributed by atoms with Crippen molar-refractivity contribution in [3.63, 3.8) is 0 Å². The zero-order chi connectivity index (χ0) is 12.3. The molecule has 0 aliphatic heterocycles. The number of halogens is 2. The van der Waals surface area contributed by atoms with Crippen LogP contribution in [-0.2, 0) is 6.54 Å². The van der Waals surface area contributed by atoms with E-state index >= 15 is 0 Å². The van der Waals surface area contributed by atoms with E-state index in [1.165, 1.54) is 0 Å². The van der Waals surface area contributed by atoms with Crippen molar-refractivity contribution in [1.82, 2.24) is 19.9 Å². The minimum atomic E-state index is -0.555. The number of nitrogens with zero attached hydrogens (tertiary/aromatic N) is 4. The highest BCUT2D eigenvalue weighted by atomic mass is 35.5. The zero-order valence-corrected chi connectivity index (χ0v) is 9.74. The number of rotatable bonds is 3. The third kappa shape index (κ3) is 3.07. The van der Waals surface area contributed by atoms with Gasteiger partial charge in [-0.1, -0.05) is 0 Å². The molecule has 7 heteroatoms. The van der Waals surface area contributed by atoms with Crippen LogP contribution < -0.4 is 5.32 Å². The molecule has 17 heavy (non-hydrogen) atoms. The van der Waals surface area contributed by atoms with Crippen LogP contribution in [0.5, 0.6) is 0 Å². The molecule has 2 aromatic rings. The summed E-state index contributed by atoms with van der Waals surface area (Å²) in [6.45, 7) is 2.12. The van der Waals surface area contributed by atoms with Gasteiger partial charge in [0.05, 0.1) is 18.4 Å². The van der Waals surface area contributed by atoms with E-state index in [9.17, 15) is 4.39 Å². The Kier molecular flexibility index (Phi) is 3.43. The fourth-order valence-electron chi connectivity index (χ4n) is 1.25. The smallest absolute Gasteiger partial charge is 0.224 e. The molecule has 0 amide bonds. The SMILES string of the molecule is Cc1nccc(CNc2nc(Cl)ncc2F)n1. The second-order valence-corrected chi connectivity index (χ2v) is 3.62. The summed E-state index contributed by atoms with van der Waals surface area (Å²) < 4.78 is 13.3. The van der Waals surface area contributed by atoms with Crippen LogP contribution in [0.15, 0.2) is 18.5 Å². The third-order valence-electron chi connectivity index (χ3n) is 1.99. The summed E-state index contributed by atoms with van der Waals surface area (Å²) in [4.78, 5) is 15.4. The average Bonchev–Trinajstić information content (AvgIpc) is 2.30. The lowest BCUT2D eigenvalue weighted by Gasteiger charge is -2.06. The monoisotopic (exact) mass is 253 g/mol. The maximum Gasteiger partial charge on any atom is 0.224 e. The van der Waals surface area contributed by atoms with Crippen LogP contribution in [0.4, 0.5) is 10.2 Å². The summed E-state index contributed by atoms with van der Waals surface area (Å²) in [6.07, 6.45) is 2.66. The number of hydrogen-bond acceptors (Lipinski definition) is 5. The Morgan fingerprint density at radius 2 is 2.18 bits per heavy atom. The van der Waals surface area contributed by atoms with E-state index < -0.39 is 5.82 Å². The number of aryl methyl sites for hydroxylation is 1. The fourth-order valence-corrected chi connectivity index (χ4v) is 1.38. The first-order chi connectivity index (χ1) is 8.15. The maximum absolute atomic E-state index is 13.3. The molecule has 0 aliphatic rings. The van der Waals surface area contributed by atoms with Crippen molar-refractivity contribution < 1.29 is 4.39 Å². The molecule has 0 saturated carbocycles. The van der Waals surface area contributed by atoms with E-state index in [4.69, 9.17) is 11.6 Å². The predicted molar refractivity (Wildman–Crippen MR) is 61.1 cm³/mol. The van der Waals surface area contributed by atoms with Crippen molar-refractivity contribution >= 4 is 17.4 Å². The highest BCUT2D eigenvalue weighted by Crippen LogP contribution is 2.12. The van der Waals surface area contributed by atoms with Gasteiger partial charge in [0.15, 0.2) is 11.6 Å². The Bertz CT molecular complexity index is 534. The average molecular weight is 254 g/mol. The van der Waals surface area contributed by atoms with E-state index in [2.05, 4.69) is 25.3 Å². The van der Waals surface area contributed by atoms with Crippen LogP contribution >= 0.6 is 11.6 Å². The van der Waals surface area contributed by atoms with Crippen LogP contribution in [0.1, 0.15) is 11.5 Å². The van der Waals surface area contributed by atoms with Gasteiger partial charge in [-0.05, 0) is 24.6 Å². The van der Waals surface area contributed by atoms with Crippen LogP contribution in [0.3, 0.4) is 0 Å². The molecule has 2 heterocycles. The van der Waals surface area contributed by atoms with Crippen molar-refractivity contribution in [2.45, 2.75) is 13.5 Å². The Hall–Kier alpha value is -1.82. The molecule has 0 fully saturated rings. The van der Waals surface area contributed by atoms with E-state index in [1.54, 1.807) is 19.2 Å². The largest absolute Gasteiger partial charge is 0.362 e. The van der Waals surface area contributed by atoms with Gasteiger partial charge in [0.1, 0.15) is 5.82 Å². The summed E-state index contributed by atoms with van der Waals surface area (Å²) in [7, 11) is 0. The van der Waals surface area contributed by atoms with Crippen molar-refractivity contribution in [2.75, 3.05) is 5.32 Å². The lowest BCUT2D eigenvalue weighted by molar-refractivity contribution is 0.616. The Balaban J connectivity index is 2.09. The summed E-state index contributed by atoms with van der Waals surface area (Å²) in [6, 6.07) is 1.74. The molecular formula is C10H9ClFN5. The fraction of sp³-hybridized carbons (Fsp3) is 0.200. The zero-order valence-electron chi connectivity index (χ0n) is 8.98. The van der Waals surface area contributed by atoms with Gasteiger partial charge in [0.25, 0.3) is 0 Å². The maximum atomic E-state index is 13.3. The molecular weight excluding hydrogens is 245 g/mol. The van der Waals surface area contributed by atoms with Crippen LogP contribution in [0.25, 0.3) is 0 Å². The summed E-state index contributed by atoms with van der Waals surface area (Å²) in [5.74, 6) is 0.159. The van der Waals surface area contributed by atoms with E-state index in [1.807, 2.05) is 0 Å². The van der Waals surface area contributed by atoms with Gasteiger partial charge in [-0.25, -0.2) is 19.3 Å². The number of aromatic nitrogens is 4. The molecule has 0 radical (unpaired) electrons. The second-order valence-electron chi connectivity index (χ2n) is 3.28. The van der Waals surface area contributed by atoms with Crippen molar-refractivity contribution in [1.29, 1.82) is 0 Å². The number of nitrogens with one attached hydrogen (secondary N) is 1. The molecule has 0 spiro atoms. The predicted octanol–water partition coefficient (Wildman–Crippen LogP) is 1.98. The molecule has 1 N–H and O–H groups in total. The molecule has 2 rings (SSSR count). The van der Waals surface area contributed by atoms with Gasteiger partial charge in [-0.2, -0.15) is 4.98 Å².